The van der Waals surface area contributed by atoms with Crippen molar-refractivity contribution in [1.82, 2.24) is 5.32 Å². The number of benzene rings is 2. The standard InChI is InChI=1S/C22H25NO6/c1-5-13(2)29-19(24)12-28-20-15(9-10-18(26-3)21(20)27-4)14-7-6-8-16-17(14)11-23-22(16)25/h6-10,13H,5,11-12H2,1-4H3,(H,23,25). The zero-order valence-electron chi connectivity index (χ0n) is 17.0. The van der Waals surface area contributed by atoms with Crippen LogP contribution >= 0.6 is 0 Å². The summed E-state index contributed by atoms with van der Waals surface area (Å²) in [4.78, 5) is 24.2. The monoisotopic (exact) mass is 399 g/mol. The average Bonchev–Trinajstić information content (AvgIpc) is 3.12. The first kappa shape index (κ1) is 20.5. The van der Waals surface area contributed by atoms with Crippen LogP contribution in [-0.2, 0) is 16.1 Å². The zero-order chi connectivity index (χ0) is 21.0. The van der Waals surface area contributed by atoms with Gasteiger partial charge in [-0.3, -0.25) is 4.79 Å². The molecular formula is C22H25NO6. The van der Waals surface area contributed by atoms with Crippen LogP contribution in [0.1, 0.15) is 36.2 Å². The largest absolute Gasteiger partial charge is 0.493 e. The maximum Gasteiger partial charge on any atom is 0.344 e. The highest BCUT2D eigenvalue weighted by Crippen LogP contribution is 2.46. The molecule has 0 aliphatic carbocycles. The van der Waals surface area contributed by atoms with Gasteiger partial charge < -0.3 is 24.3 Å². The van der Waals surface area contributed by atoms with Gasteiger partial charge in [0, 0.05) is 17.7 Å². The lowest BCUT2D eigenvalue weighted by atomic mass is 9.95. The normalized spacial score (nSPS) is 13.3. The number of ether oxygens (including phenoxy) is 4. The molecule has 1 heterocycles. The summed E-state index contributed by atoms with van der Waals surface area (Å²) < 4.78 is 22.1. The fourth-order valence-electron chi connectivity index (χ4n) is 3.23. The fourth-order valence-corrected chi connectivity index (χ4v) is 3.23. The Morgan fingerprint density at radius 1 is 1.07 bits per heavy atom. The van der Waals surface area contributed by atoms with Crippen LogP contribution in [0.15, 0.2) is 30.3 Å². The molecule has 0 saturated carbocycles. The number of hydrogen-bond acceptors (Lipinski definition) is 6. The Balaban J connectivity index is 2.02. The highest BCUT2D eigenvalue weighted by molar-refractivity contribution is 6.01. The highest BCUT2D eigenvalue weighted by Gasteiger charge is 2.26. The third kappa shape index (κ3) is 4.13. The van der Waals surface area contributed by atoms with E-state index < -0.39 is 5.97 Å². The average molecular weight is 399 g/mol. The quantitative estimate of drug-likeness (QED) is 0.686. The summed E-state index contributed by atoms with van der Waals surface area (Å²) in [5, 5.41) is 2.83. The fraction of sp³-hybridized carbons (Fsp3) is 0.364. The summed E-state index contributed by atoms with van der Waals surface area (Å²) in [7, 11) is 3.04. The maximum atomic E-state index is 12.1. The van der Waals surface area contributed by atoms with E-state index in [-0.39, 0.29) is 18.6 Å². The summed E-state index contributed by atoms with van der Waals surface area (Å²) in [5.74, 6) is 0.632. The predicted octanol–water partition coefficient (Wildman–Crippen LogP) is 3.33. The second-order valence-corrected chi connectivity index (χ2v) is 6.69. The number of carbonyl (C=O) groups excluding carboxylic acids is 2. The first-order valence-electron chi connectivity index (χ1n) is 9.47. The second kappa shape index (κ2) is 8.86. The zero-order valence-corrected chi connectivity index (χ0v) is 17.0. The molecule has 29 heavy (non-hydrogen) atoms. The molecule has 7 heteroatoms. The van der Waals surface area contributed by atoms with Crippen LogP contribution in [0.25, 0.3) is 11.1 Å². The molecule has 2 aromatic rings. The third-order valence-corrected chi connectivity index (χ3v) is 4.88. The Labute approximate surface area is 169 Å². The van der Waals surface area contributed by atoms with Crippen molar-refractivity contribution < 1.29 is 28.5 Å². The Hall–Kier alpha value is -3.22. The van der Waals surface area contributed by atoms with Gasteiger partial charge in [0.25, 0.3) is 5.91 Å². The molecule has 0 fully saturated rings. The molecule has 2 aromatic carbocycles. The lowest BCUT2D eigenvalue weighted by molar-refractivity contribution is -0.150. The summed E-state index contributed by atoms with van der Waals surface area (Å²) in [6.45, 7) is 3.92. The van der Waals surface area contributed by atoms with Gasteiger partial charge in [-0.25, -0.2) is 4.79 Å². The van der Waals surface area contributed by atoms with Crippen molar-refractivity contribution in [3.8, 4) is 28.4 Å². The maximum absolute atomic E-state index is 12.1. The Bertz CT molecular complexity index is 924. The van der Waals surface area contributed by atoms with Gasteiger partial charge in [0.05, 0.1) is 20.3 Å². The first-order valence-corrected chi connectivity index (χ1v) is 9.47. The molecule has 1 aliphatic rings. The number of hydrogen-bond donors (Lipinski definition) is 1. The van der Waals surface area contributed by atoms with Gasteiger partial charge in [-0.2, -0.15) is 0 Å². The second-order valence-electron chi connectivity index (χ2n) is 6.69. The van der Waals surface area contributed by atoms with E-state index in [2.05, 4.69) is 5.32 Å². The summed E-state index contributed by atoms with van der Waals surface area (Å²) in [6.07, 6.45) is 0.531. The number of esters is 1. The van der Waals surface area contributed by atoms with E-state index >= 15 is 0 Å². The summed E-state index contributed by atoms with van der Waals surface area (Å²) in [6, 6.07) is 9.10. The van der Waals surface area contributed by atoms with Crippen molar-refractivity contribution >= 4 is 11.9 Å². The van der Waals surface area contributed by atoms with E-state index in [0.717, 1.165) is 17.5 Å². The van der Waals surface area contributed by atoms with Crippen molar-refractivity contribution in [1.29, 1.82) is 0 Å². The van der Waals surface area contributed by atoms with E-state index in [1.165, 1.54) is 14.2 Å². The van der Waals surface area contributed by atoms with Crippen LogP contribution < -0.4 is 19.5 Å². The van der Waals surface area contributed by atoms with Crippen molar-refractivity contribution in [2.45, 2.75) is 32.9 Å². The smallest absolute Gasteiger partial charge is 0.344 e. The van der Waals surface area contributed by atoms with Gasteiger partial charge in [-0.15, -0.1) is 0 Å². The number of carbonyl (C=O) groups is 2. The van der Waals surface area contributed by atoms with Gasteiger partial charge >= 0.3 is 5.97 Å². The molecule has 0 radical (unpaired) electrons. The molecule has 0 aromatic heterocycles. The van der Waals surface area contributed by atoms with Gasteiger partial charge in [0.1, 0.15) is 0 Å². The molecule has 3 rings (SSSR count). The summed E-state index contributed by atoms with van der Waals surface area (Å²) in [5.41, 5.74) is 3.02. The van der Waals surface area contributed by atoms with E-state index in [0.29, 0.717) is 34.9 Å². The molecule has 0 bridgehead atoms. The van der Waals surface area contributed by atoms with Crippen LogP contribution in [0.3, 0.4) is 0 Å². The minimum absolute atomic E-state index is 0.109. The van der Waals surface area contributed by atoms with Crippen LogP contribution in [0.2, 0.25) is 0 Å². The highest BCUT2D eigenvalue weighted by atomic mass is 16.6. The lowest BCUT2D eigenvalue weighted by Gasteiger charge is -2.19. The SMILES string of the molecule is CCC(C)OC(=O)COc1c(-c2cccc3c2CNC3=O)ccc(OC)c1OC. The molecule has 0 saturated heterocycles. The predicted molar refractivity (Wildman–Crippen MR) is 107 cm³/mol. The Morgan fingerprint density at radius 2 is 1.83 bits per heavy atom. The van der Waals surface area contributed by atoms with E-state index in [1.54, 1.807) is 12.1 Å². The lowest BCUT2D eigenvalue weighted by Crippen LogP contribution is -2.20. The van der Waals surface area contributed by atoms with Crippen molar-refractivity contribution in [2.75, 3.05) is 20.8 Å². The number of rotatable bonds is 8. The topological polar surface area (TPSA) is 83.1 Å². The van der Waals surface area contributed by atoms with Crippen LogP contribution in [-0.4, -0.2) is 38.8 Å². The van der Waals surface area contributed by atoms with Crippen LogP contribution in [0, 0.1) is 0 Å². The van der Waals surface area contributed by atoms with Gasteiger partial charge in [0.2, 0.25) is 5.75 Å². The van der Waals surface area contributed by atoms with Crippen LogP contribution in [0.5, 0.6) is 17.2 Å². The van der Waals surface area contributed by atoms with E-state index in [4.69, 9.17) is 18.9 Å². The van der Waals surface area contributed by atoms with E-state index in [1.807, 2.05) is 32.0 Å². The minimum Gasteiger partial charge on any atom is -0.493 e. The molecule has 7 nitrogen and oxygen atoms in total. The molecule has 1 N–H and O–H groups in total. The van der Waals surface area contributed by atoms with Crippen molar-refractivity contribution in [3.05, 3.63) is 41.5 Å². The number of amides is 1. The number of methoxy groups -OCH3 is 2. The minimum atomic E-state index is -0.467. The van der Waals surface area contributed by atoms with Crippen molar-refractivity contribution in [3.63, 3.8) is 0 Å². The third-order valence-electron chi connectivity index (χ3n) is 4.88. The first-order chi connectivity index (χ1) is 14.0. The van der Waals surface area contributed by atoms with E-state index in [9.17, 15) is 9.59 Å². The van der Waals surface area contributed by atoms with Gasteiger partial charge in [-0.1, -0.05) is 19.1 Å². The van der Waals surface area contributed by atoms with Gasteiger partial charge in [-0.05, 0) is 42.7 Å². The van der Waals surface area contributed by atoms with Crippen molar-refractivity contribution in [2.24, 2.45) is 0 Å². The Kier molecular flexibility index (Phi) is 6.26. The molecule has 1 unspecified atom stereocenters. The summed E-state index contributed by atoms with van der Waals surface area (Å²) >= 11 is 0. The van der Waals surface area contributed by atoms with Crippen LogP contribution in [0.4, 0.5) is 0 Å². The molecular weight excluding hydrogens is 374 g/mol. The molecule has 154 valence electrons. The molecule has 0 spiro atoms. The molecule has 1 aliphatic heterocycles. The van der Waals surface area contributed by atoms with Gasteiger partial charge in [0.15, 0.2) is 18.1 Å². The number of nitrogens with one attached hydrogen (secondary N) is 1. The molecule has 1 atom stereocenters. The number of fused-ring (bicyclic) bond motifs is 1. The molecule has 1 amide bonds. The Morgan fingerprint density at radius 3 is 2.52 bits per heavy atom.